The van der Waals surface area contributed by atoms with Crippen molar-refractivity contribution in [2.45, 2.75) is 5.92 Å². The minimum Gasteiger partial charge on any atom is -0.465 e. The van der Waals surface area contributed by atoms with Gasteiger partial charge in [-0.1, -0.05) is 24.2 Å². The number of primary amides is 1. The second-order valence-electron chi connectivity index (χ2n) is 4.56. The first kappa shape index (κ1) is 13.8. The summed E-state index contributed by atoms with van der Waals surface area (Å²) in [5.74, 6) is 0.445. The molecule has 1 aromatic carbocycles. The van der Waals surface area contributed by atoms with E-state index in [1.54, 1.807) is 6.07 Å². The Kier molecular flexibility index (Phi) is 3.78. The van der Waals surface area contributed by atoms with E-state index in [1.807, 2.05) is 6.07 Å². The monoisotopic (exact) mass is 284 g/mol. The van der Waals surface area contributed by atoms with Crippen LogP contribution >= 0.6 is 11.6 Å². The zero-order chi connectivity index (χ0) is 14.2. The number of nitrogens with one attached hydrogen (secondary N) is 1. The Bertz CT molecular complexity index is 544. The fraction of sp³-hybridized carbons (Fsp3) is 0.308. The molecule has 0 bridgehead atoms. The lowest BCUT2D eigenvalue weighted by atomic mass is 9.95. The Balaban J connectivity index is 0.000000297. The van der Waals surface area contributed by atoms with E-state index in [4.69, 9.17) is 21.5 Å². The maximum Gasteiger partial charge on any atom is 0.402 e. The highest BCUT2D eigenvalue weighted by atomic mass is 35.5. The van der Waals surface area contributed by atoms with Gasteiger partial charge >= 0.3 is 6.09 Å². The summed E-state index contributed by atoms with van der Waals surface area (Å²) in [6.07, 6.45) is -1.33. The van der Waals surface area contributed by atoms with E-state index in [9.17, 15) is 4.39 Å². The molecular formula is C13H14ClFN2O2. The first-order valence-electron chi connectivity index (χ1n) is 5.79. The lowest BCUT2D eigenvalue weighted by molar-refractivity contribution is 0.205. The predicted molar refractivity (Wildman–Crippen MR) is 71.8 cm³/mol. The molecule has 102 valence electrons. The van der Waals surface area contributed by atoms with Crippen LogP contribution in [-0.2, 0) is 0 Å². The van der Waals surface area contributed by atoms with Crippen molar-refractivity contribution in [1.29, 1.82) is 0 Å². The number of rotatable bonds is 0. The third-order valence-electron chi connectivity index (χ3n) is 3.51. The highest BCUT2D eigenvalue weighted by Crippen LogP contribution is 2.48. The Hall–Kier alpha value is -1.59. The van der Waals surface area contributed by atoms with Crippen LogP contribution in [0.1, 0.15) is 17.0 Å². The molecule has 1 aliphatic carbocycles. The first-order chi connectivity index (χ1) is 8.93. The average Bonchev–Trinajstić information content (AvgIpc) is 2.87. The minimum atomic E-state index is -1.33. The number of nitrogens with two attached hydrogens (primary N) is 1. The van der Waals surface area contributed by atoms with Crippen molar-refractivity contribution < 1.29 is 14.3 Å². The summed E-state index contributed by atoms with van der Waals surface area (Å²) in [5.41, 5.74) is 6.66. The SMILES string of the molecule is C=C1c2c(ccc(Cl)c2F)C2CNCC12.NC(=O)O. The van der Waals surface area contributed by atoms with Gasteiger partial charge in [-0.25, -0.2) is 9.18 Å². The van der Waals surface area contributed by atoms with Gasteiger partial charge in [-0.3, -0.25) is 0 Å². The number of hydrogen-bond acceptors (Lipinski definition) is 2. The van der Waals surface area contributed by atoms with E-state index in [1.165, 1.54) is 0 Å². The quantitative estimate of drug-likeness (QED) is 0.685. The van der Waals surface area contributed by atoms with Gasteiger partial charge in [0.2, 0.25) is 0 Å². The molecule has 1 heterocycles. The molecule has 0 spiro atoms. The molecule has 0 radical (unpaired) electrons. The number of carboxylic acid groups (broad SMARTS) is 1. The summed E-state index contributed by atoms with van der Waals surface area (Å²) in [7, 11) is 0. The standard InChI is InChI=1S/C12H11ClFN.CH3NO2/c1-6-8-4-15-5-9(8)7-2-3-10(13)12(14)11(6)7;2-1(3)4/h2-3,8-9,15H,1,4-5H2;2H2,(H,3,4). The fourth-order valence-corrected chi connectivity index (χ4v) is 2.92. The average molecular weight is 285 g/mol. The summed E-state index contributed by atoms with van der Waals surface area (Å²) in [5, 5.41) is 10.7. The molecule has 19 heavy (non-hydrogen) atoms. The van der Waals surface area contributed by atoms with Gasteiger partial charge in [0.15, 0.2) is 0 Å². The van der Waals surface area contributed by atoms with Crippen LogP contribution in [0.4, 0.5) is 9.18 Å². The fourth-order valence-electron chi connectivity index (χ4n) is 2.76. The van der Waals surface area contributed by atoms with Crippen molar-refractivity contribution in [3.05, 3.63) is 40.7 Å². The van der Waals surface area contributed by atoms with E-state index >= 15 is 0 Å². The highest BCUT2D eigenvalue weighted by molar-refractivity contribution is 6.31. The van der Waals surface area contributed by atoms with Crippen LogP contribution in [0.2, 0.25) is 5.02 Å². The maximum atomic E-state index is 13.8. The second kappa shape index (κ2) is 5.19. The topological polar surface area (TPSA) is 75.3 Å². The molecule has 3 rings (SSSR count). The number of benzene rings is 1. The molecule has 1 fully saturated rings. The number of hydrogen-bond donors (Lipinski definition) is 3. The van der Waals surface area contributed by atoms with Crippen molar-refractivity contribution in [2.75, 3.05) is 13.1 Å². The normalized spacial score (nSPS) is 23.4. The summed E-state index contributed by atoms with van der Waals surface area (Å²) < 4.78 is 13.8. The van der Waals surface area contributed by atoms with E-state index < -0.39 is 6.09 Å². The van der Waals surface area contributed by atoms with E-state index in [0.29, 0.717) is 17.4 Å². The Morgan fingerprint density at radius 3 is 2.68 bits per heavy atom. The molecule has 0 saturated carbocycles. The number of halogens is 2. The van der Waals surface area contributed by atoms with Gasteiger partial charge in [-0.05, 0) is 17.2 Å². The smallest absolute Gasteiger partial charge is 0.402 e. The molecule has 2 aliphatic rings. The van der Waals surface area contributed by atoms with Crippen LogP contribution in [-0.4, -0.2) is 24.3 Å². The van der Waals surface area contributed by atoms with E-state index in [-0.39, 0.29) is 10.8 Å². The molecule has 1 saturated heterocycles. The van der Waals surface area contributed by atoms with Gasteiger partial charge in [-0.15, -0.1) is 0 Å². The third kappa shape index (κ3) is 2.43. The molecule has 4 nitrogen and oxygen atoms in total. The number of amides is 1. The van der Waals surface area contributed by atoms with Gasteiger partial charge in [0.1, 0.15) is 5.82 Å². The molecule has 1 amide bonds. The molecule has 2 atom stereocenters. The van der Waals surface area contributed by atoms with Crippen molar-refractivity contribution in [3.8, 4) is 0 Å². The lowest BCUT2D eigenvalue weighted by Gasteiger charge is -2.07. The van der Waals surface area contributed by atoms with Crippen LogP contribution in [0, 0.1) is 11.7 Å². The van der Waals surface area contributed by atoms with Crippen molar-refractivity contribution in [1.82, 2.24) is 5.32 Å². The number of carbonyl (C=O) groups is 1. The van der Waals surface area contributed by atoms with Crippen LogP contribution in [0.3, 0.4) is 0 Å². The number of fused-ring (bicyclic) bond motifs is 3. The summed E-state index contributed by atoms with van der Waals surface area (Å²) >= 11 is 5.78. The highest BCUT2D eigenvalue weighted by Gasteiger charge is 2.40. The van der Waals surface area contributed by atoms with E-state index in [2.05, 4.69) is 17.6 Å². The molecule has 1 aromatic rings. The van der Waals surface area contributed by atoms with Crippen LogP contribution in [0.25, 0.3) is 5.57 Å². The largest absolute Gasteiger partial charge is 0.465 e. The van der Waals surface area contributed by atoms with Gasteiger partial charge in [0, 0.05) is 30.5 Å². The zero-order valence-electron chi connectivity index (χ0n) is 10.1. The molecule has 6 heteroatoms. The molecule has 2 unspecified atom stereocenters. The Morgan fingerprint density at radius 1 is 1.47 bits per heavy atom. The summed E-state index contributed by atoms with van der Waals surface area (Å²) in [4.78, 5) is 8.78. The van der Waals surface area contributed by atoms with Gasteiger partial charge in [-0.2, -0.15) is 0 Å². The summed E-state index contributed by atoms with van der Waals surface area (Å²) in [6.45, 7) is 5.81. The second-order valence-corrected chi connectivity index (χ2v) is 4.97. The van der Waals surface area contributed by atoms with Crippen molar-refractivity contribution in [3.63, 3.8) is 0 Å². The first-order valence-corrected chi connectivity index (χ1v) is 6.17. The minimum absolute atomic E-state index is 0.197. The van der Waals surface area contributed by atoms with Crippen molar-refractivity contribution >= 4 is 23.3 Å². The van der Waals surface area contributed by atoms with Crippen molar-refractivity contribution in [2.24, 2.45) is 11.7 Å². The lowest BCUT2D eigenvalue weighted by Crippen LogP contribution is -2.10. The summed E-state index contributed by atoms with van der Waals surface area (Å²) in [6, 6.07) is 3.58. The van der Waals surface area contributed by atoms with Crippen LogP contribution < -0.4 is 11.1 Å². The van der Waals surface area contributed by atoms with Crippen LogP contribution in [0.5, 0.6) is 0 Å². The van der Waals surface area contributed by atoms with Crippen LogP contribution in [0.15, 0.2) is 18.7 Å². The third-order valence-corrected chi connectivity index (χ3v) is 3.80. The maximum absolute atomic E-state index is 13.8. The zero-order valence-corrected chi connectivity index (χ0v) is 10.9. The van der Waals surface area contributed by atoms with Gasteiger partial charge < -0.3 is 16.2 Å². The Morgan fingerprint density at radius 2 is 2.05 bits per heavy atom. The Labute approximate surface area is 115 Å². The molecule has 4 N–H and O–H groups in total. The predicted octanol–water partition coefficient (Wildman–Crippen LogP) is 2.43. The van der Waals surface area contributed by atoms with Gasteiger partial charge in [0.25, 0.3) is 0 Å². The van der Waals surface area contributed by atoms with Gasteiger partial charge in [0.05, 0.1) is 5.02 Å². The molecule has 1 aliphatic heterocycles. The van der Waals surface area contributed by atoms with E-state index in [0.717, 1.165) is 24.2 Å². The molecule has 0 aromatic heterocycles. The molecular weight excluding hydrogens is 271 g/mol.